The van der Waals surface area contributed by atoms with Crippen molar-refractivity contribution in [3.8, 4) is 0 Å². The molecule has 8 nitrogen and oxygen atoms in total. The fourth-order valence-electron chi connectivity index (χ4n) is 3.42. The fraction of sp³-hybridized carbons (Fsp3) is 0.867. The zero-order chi connectivity index (χ0) is 17.2. The minimum absolute atomic E-state index is 0.121. The minimum atomic E-state index is -3.14. The van der Waals surface area contributed by atoms with Gasteiger partial charge < -0.3 is 9.30 Å². The van der Waals surface area contributed by atoms with Crippen molar-refractivity contribution in [1.82, 2.24) is 24.0 Å². The first-order valence-electron chi connectivity index (χ1n) is 8.67. The molecule has 0 aromatic carbocycles. The SMILES string of the molecule is CCS(=O)(=O)N1CCC[C@@H](c2nnc(CN3CCOCC3)n2C)C1. The summed E-state index contributed by atoms with van der Waals surface area (Å²) in [4.78, 5) is 2.31. The van der Waals surface area contributed by atoms with E-state index in [1.54, 1.807) is 11.2 Å². The summed E-state index contributed by atoms with van der Waals surface area (Å²) in [6.45, 7) is 6.93. The van der Waals surface area contributed by atoms with Gasteiger partial charge in [-0.05, 0) is 19.8 Å². The summed E-state index contributed by atoms with van der Waals surface area (Å²) >= 11 is 0. The van der Waals surface area contributed by atoms with Gasteiger partial charge in [-0.3, -0.25) is 4.90 Å². The van der Waals surface area contributed by atoms with Gasteiger partial charge in [0.25, 0.3) is 0 Å². The zero-order valence-electron chi connectivity index (χ0n) is 14.5. The first-order chi connectivity index (χ1) is 11.5. The molecule has 0 N–H and O–H groups in total. The number of ether oxygens (including phenoxy) is 1. The van der Waals surface area contributed by atoms with E-state index in [1.165, 1.54) is 0 Å². The Kier molecular flexibility index (Phi) is 5.53. The molecule has 3 heterocycles. The number of piperidine rings is 1. The molecule has 2 fully saturated rings. The third kappa shape index (κ3) is 3.79. The number of aromatic nitrogens is 3. The van der Waals surface area contributed by atoms with Crippen LogP contribution in [0.4, 0.5) is 0 Å². The largest absolute Gasteiger partial charge is 0.379 e. The quantitative estimate of drug-likeness (QED) is 0.748. The van der Waals surface area contributed by atoms with E-state index >= 15 is 0 Å². The Labute approximate surface area is 143 Å². The highest BCUT2D eigenvalue weighted by Crippen LogP contribution is 2.27. The van der Waals surface area contributed by atoms with Crippen LogP contribution in [0.1, 0.15) is 37.3 Å². The second-order valence-corrected chi connectivity index (χ2v) is 8.78. The number of rotatable bonds is 5. The van der Waals surface area contributed by atoms with Crippen LogP contribution in [0.2, 0.25) is 0 Å². The molecule has 0 bridgehead atoms. The molecule has 1 aromatic rings. The van der Waals surface area contributed by atoms with Gasteiger partial charge in [-0.15, -0.1) is 10.2 Å². The van der Waals surface area contributed by atoms with Gasteiger partial charge in [0.1, 0.15) is 11.6 Å². The standard InChI is InChI=1S/C15H27N5O3S/c1-3-24(21,22)20-6-4-5-13(11-20)15-17-16-14(18(15)2)12-19-7-9-23-10-8-19/h13H,3-12H2,1-2H3/t13-/m1/s1. The topological polar surface area (TPSA) is 80.6 Å². The van der Waals surface area contributed by atoms with Gasteiger partial charge in [-0.2, -0.15) is 0 Å². The molecule has 24 heavy (non-hydrogen) atoms. The highest BCUT2D eigenvalue weighted by molar-refractivity contribution is 7.89. The molecule has 9 heteroatoms. The van der Waals surface area contributed by atoms with Gasteiger partial charge in [-0.25, -0.2) is 12.7 Å². The highest BCUT2D eigenvalue weighted by atomic mass is 32.2. The number of nitrogens with zero attached hydrogens (tertiary/aromatic N) is 5. The van der Waals surface area contributed by atoms with E-state index in [1.807, 2.05) is 11.6 Å². The number of sulfonamides is 1. The van der Waals surface area contributed by atoms with E-state index in [0.29, 0.717) is 13.1 Å². The third-order valence-corrected chi connectivity index (χ3v) is 6.82. The van der Waals surface area contributed by atoms with Crippen LogP contribution in [0, 0.1) is 0 Å². The van der Waals surface area contributed by atoms with Gasteiger partial charge in [0.2, 0.25) is 10.0 Å². The average molecular weight is 357 g/mol. The Morgan fingerprint density at radius 2 is 1.96 bits per heavy atom. The maximum absolute atomic E-state index is 12.1. The number of hydrogen-bond acceptors (Lipinski definition) is 6. The smallest absolute Gasteiger partial charge is 0.213 e. The van der Waals surface area contributed by atoms with Crippen molar-refractivity contribution in [2.45, 2.75) is 32.2 Å². The van der Waals surface area contributed by atoms with Crippen LogP contribution >= 0.6 is 0 Å². The van der Waals surface area contributed by atoms with Crippen LogP contribution in [-0.4, -0.2) is 77.5 Å². The predicted molar refractivity (Wildman–Crippen MR) is 90.1 cm³/mol. The van der Waals surface area contributed by atoms with Crippen LogP contribution in [0.5, 0.6) is 0 Å². The van der Waals surface area contributed by atoms with E-state index < -0.39 is 10.0 Å². The minimum Gasteiger partial charge on any atom is -0.379 e. The molecule has 0 aliphatic carbocycles. The summed E-state index contributed by atoms with van der Waals surface area (Å²) in [6.07, 6.45) is 1.83. The van der Waals surface area contributed by atoms with Gasteiger partial charge >= 0.3 is 0 Å². The van der Waals surface area contributed by atoms with E-state index in [4.69, 9.17) is 4.74 Å². The molecule has 0 amide bonds. The highest BCUT2D eigenvalue weighted by Gasteiger charge is 2.31. The van der Waals surface area contributed by atoms with Gasteiger partial charge in [0.05, 0.1) is 25.5 Å². The number of hydrogen-bond donors (Lipinski definition) is 0. The third-order valence-electron chi connectivity index (χ3n) is 4.97. The van der Waals surface area contributed by atoms with Crippen molar-refractivity contribution >= 4 is 10.0 Å². The van der Waals surface area contributed by atoms with E-state index in [2.05, 4.69) is 15.1 Å². The van der Waals surface area contributed by atoms with Gasteiger partial charge in [-0.1, -0.05) is 0 Å². The molecule has 3 rings (SSSR count). The first-order valence-corrected chi connectivity index (χ1v) is 10.3. The second kappa shape index (κ2) is 7.47. The first kappa shape index (κ1) is 17.8. The summed E-state index contributed by atoms with van der Waals surface area (Å²) < 4.78 is 33.3. The summed E-state index contributed by atoms with van der Waals surface area (Å²) in [5.74, 6) is 2.11. The maximum atomic E-state index is 12.1. The monoisotopic (exact) mass is 357 g/mol. The maximum Gasteiger partial charge on any atom is 0.213 e. The molecular weight excluding hydrogens is 330 g/mol. The second-order valence-electron chi connectivity index (χ2n) is 6.52. The summed E-state index contributed by atoms with van der Waals surface area (Å²) in [7, 11) is -1.15. The van der Waals surface area contributed by atoms with E-state index in [0.717, 1.165) is 57.3 Å². The van der Waals surface area contributed by atoms with E-state index in [-0.39, 0.29) is 11.7 Å². The predicted octanol–water partition coefficient (Wildman–Crippen LogP) is 0.176. The lowest BCUT2D eigenvalue weighted by molar-refractivity contribution is 0.0326. The normalized spacial score (nSPS) is 24.3. The van der Waals surface area contributed by atoms with Crippen LogP contribution in [0.3, 0.4) is 0 Å². The Morgan fingerprint density at radius 3 is 2.67 bits per heavy atom. The molecule has 0 spiro atoms. The van der Waals surface area contributed by atoms with Crippen LogP contribution in [0.25, 0.3) is 0 Å². The molecule has 0 saturated carbocycles. The molecule has 0 radical (unpaired) electrons. The molecule has 2 aliphatic rings. The summed E-state index contributed by atoms with van der Waals surface area (Å²) in [5, 5.41) is 8.74. The Morgan fingerprint density at radius 1 is 1.21 bits per heavy atom. The molecule has 2 saturated heterocycles. The van der Waals surface area contributed by atoms with Gasteiger partial charge in [0, 0.05) is 39.1 Å². The van der Waals surface area contributed by atoms with Crippen LogP contribution in [-0.2, 0) is 28.4 Å². The van der Waals surface area contributed by atoms with Crippen molar-refractivity contribution in [2.75, 3.05) is 45.1 Å². The zero-order valence-corrected chi connectivity index (χ0v) is 15.3. The average Bonchev–Trinajstić information content (AvgIpc) is 2.96. The van der Waals surface area contributed by atoms with Crippen LogP contribution < -0.4 is 0 Å². The Hall–Kier alpha value is -1.03. The lowest BCUT2D eigenvalue weighted by Gasteiger charge is -2.31. The van der Waals surface area contributed by atoms with Crippen molar-refractivity contribution in [1.29, 1.82) is 0 Å². The van der Waals surface area contributed by atoms with Crippen molar-refractivity contribution in [3.63, 3.8) is 0 Å². The molecule has 136 valence electrons. The van der Waals surface area contributed by atoms with Crippen molar-refractivity contribution in [3.05, 3.63) is 11.6 Å². The van der Waals surface area contributed by atoms with Crippen molar-refractivity contribution < 1.29 is 13.2 Å². The molecule has 1 atom stereocenters. The number of morpholine rings is 1. The Balaban J connectivity index is 1.70. The molecule has 0 unspecified atom stereocenters. The lowest BCUT2D eigenvalue weighted by atomic mass is 9.99. The van der Waals surface area contributed by atoms with Gasteiger partial charge in [0.15, 0.2) is 0 Å². The molecule has 2 aliphatic heterocycles. The fourth-order valence-corrected chi connectivity index (χ4v) is 4.60. The molecular formula is C15H27N5O3S. The van der Waals surface area contributed by atoms with Crippen LogP contribution in [0.15, 0.2) is 0 Å². The lowest BCUT2D eigenvalue weighted by Crippen LogP contribution is -2.40. The summed E-state index contributed by atoms with van der Waals surface area (Å²) in [5.41, 5.74) is 0. The Bertz CT molecular complexity index is 654. The van der Waals surface area contributed by atoms with Crippen molar-refractivity contribution in [2.24, 2.45) is 7.05 Å². The van der Waals surface area contributed by atoms with E-state index in [9.17, 15) is 8.42 Å². The molecule has 1 aromatic heterocycles. The summed E-state index contributed by atoms with van der Waals surface area (Å²) in [6, 6.07) is 0.